The molecule has 1 N–H and O–H groups in total. The number of allylic oxidation sites excluding steroid dienone is 1. The van der Waals surface area contributed by atoms with Gasteiger partial charge >= 0.3 is 6.03 Å². The van der Waals surface area contributed by atoms with E-state index in [9.17, 15) is 25.0 Å². The molecule has 1 heterocycles. The quantitative estimate of drug-likeness (QED) is 0.587. The number of nitro benzene ring substituents is 1. The molecule has 0 aliphatic carbocycles. The number of rotatable bonds is 6. The lowest BCUT2D eigenvalue weighted by molar-refractivity contribution is -0.433. The lowest BCUT2D eigenvalue weighted by atomic mass is 9.98. The number of carbonyl (C=O) groups is 1. The van der Waals surface area contributed by atoms with Crippen LogP contribution in [-0.2, 0) is 6.54 Å². The van der Waals surface area contributed by atoms with Crippen LogP contribution in [0.5, 0.6) is 5.75 Å². The summed E-state index contributed by atoms with van der Waals surface area (Å²) in [7, 11) is 1.35. The van der Waals surface area contributed by atoms with E-state index >= 15 is 0 Å². The van der Waals surface area contributed by atoms with Crippen LogP contribution in [-0.4, -0.2) is 27.9 Å². The molecule has 1 aliphatic heterocycles. The standard InChI is InChI=1S/C19H18N4O6/c1-12-18(23(27)28)17(15-10-14(22(25)26)8-9-16(15)29-2)20-19(24)21(12)11-13-6-4-3-5-7-13/h3-10,17H,11H2,1-2H3,(H,20,24). The van der Waals surface area contributed by atoms with E-state index < -0.39 is 21.9 Å². The fourth-order valence-corrected chi connectivity index (χ4v) is 3.25. The molecule has 0 spiro atoms. The van der Waals surface area contributed by atoms with Gasteiger partial charge in [-0.05, 0) is 18.6 Å². The number of hydrogen-bond acceptors (Lipinski definition) is 6. The van der Waals surface area contributed by atoms with E-state index in [2.05, 4.69) is 5.32 Å². The van der Waals surface area contributed by atoms with Gasteiger partial charge in [0, 0.05) is 17.7 Å². The van der Waals surface area contributed by atoms with Gasteiger partial charge in [-0.25, -0.2) is 4.79 Å². The van der Waals surface area contributed by atoms with Gasteiger partial charge in [-0.2, -0.15) is 0 Å². The van der Waals surface area contributed by atoms with Crippen molar-refractivity contribution in [1.82, 2.24) is 10.2 Å². The number of nitrogens with zero attached hydrogens (tertiary/aromatic N) is 3. The average molecular weight is 398 g/mol. The summed E-state index contributed by atoms with van der Waals surface area (Å²) in [5.41, 5.74) is 0.555. The maximum atomic E-state index is 12.8. The van der Waals surface area contributed by atoms with Crippen LogP contribution >= 0.6 is 0 Å². The van der Waals surface area contributed by atoms with Gasteiger partial charge in [-0.3, -0.25) is 25.1 Å². The van der Waals surface area contributed by atoms with Crippen molar-refractivity contribution in [3.8, 4) is 5.75 Å². The van der Waals surface area contributed by atoms with Crippen LogP contribution in [0, 0.1) is 20.2 Å². The first-order valence-corrected chi connectivity index (χ1v) is 8.63. The number of carbonyl (C=O) groups excluding carboxylic acids is 1. The summed E-state index contributed by atoms with van der Waals surface area (Å²) < 4.78 is 5.22. The van der Waals surface area contributed by atoms with Gasteiger partial charge in [-0.1, -0.05) is 30.3 Å². The molecule has 0 aromatic heterocycles. The Balaban J connectivity index is 2.10. The summed E-state index contributed by atoms with van der Waals surface area (Å²) in [5, 5.41) is 25.6. The summed E-state index contributed by atoms with van der Waals surface area (Å²) in [6, 6.07) is 11.1. The monoisotopic (exact) mass is 398 g/mol. The van der Waals surface area contributed by atoms with E-state index in [-0.39, 0.29) is 34.9 Å². The first-order valence-electron chi connectivity index (χ1n) is 8.63. The molecule has 0 saturated carbocycles. The van der Waals surface area contributed by atoms with Crippen LogP contribution in [0.25, 0.3) is 0 Å². The Hall–Kier alpha value is -3.95. The van der Waals surface area contributed by atoms with Gasteiger partial charge < -0.3 is 10.1 Å². The highest BCUT2D eigenvalue weighted by atomic mass is 16.6. The number of benzene rings is 2. The van der Waals surface area contributed by atoms with E-state index in [0.29, 0.717) is 0 Å². The van der Waals surface area contributed by atoms with E-state index in [1.54, 1.807) is 12.1 Å². The highest BCUT2D eigenvalue weighted by Gasteiger charge is 2.41. The van der Waals surface area contributed by atoms with Crippen molar-refractivity contribution in [3.63, 3.8) is 0 Å². The van der Waals surface area contributed by atoms with E-state index in [0.717, 1.165) is 5.56 Å². The molecule has 10 heteroatoms. The summed E-state index contributed by atoms with van der Waals surface area (Å²) in [5.74, 6) is 0.199. The van der Waals surface area contributed by atoms with Crippen molar-refractivity contribution in [2.45, 2.75) is 19.5 Å². The minimum atomic E-state index is -1.20. The molecule has 0 fully saturated rings. The zero-order chi connectivity index (χ0) is 21.1. The highest BCUT2D eigenvalue weighted by molar-refractivity contribution is 5.79. The van der Waals surface area contributed by atoms with Gasteiger partial charge in [0.2, 0.25) is 0 Å². The van der Waals surface area contributed by atoms with Crippen LogP contribution < -0.4 is 10.1 Å². The molecule has 150 valence electrons. The number of urea groups is 1. The third kappa shape index (κ3) is 3.86. The number of non-ortho nitro benzene ring substituents is 1. The Labute approximate surface area is 165 Å². The van der Waals surface area contributed by atoms with Crippen molar-refractivity contribution >= 4 is 11.7 Å². The topological polar surface area (TPSA) is 128 Å². The molecule has 2 aromatic rings. The summed E-state index contributed by atoms with van der Waals surface area (Å²) >= 11 is 0. The Kier molecular flexibility index (Phi) is 5.44. The molecule has 1 unspecified atom stereocenters. The fraction of sp³-hybridized carbons (Fsp3) is 0.211. The number of hydrogen-bond donors (Lipinski definition) is 1. The maximum Gasteiger partial charge on any atom is 0.323 e. The van der Waals surface area contributed by atoms with Gasteiger partial charge in [0.1, 0.15) is 5.75 Å². The van der Waals surface area contributed by atoms with Crippen LogP contribution in [0.4, 0.5) is 10.5 Å². The van der Waals surface area contributed by atoms with Crippen molar-refractivity contribution in [1.29, 1.82) is 0 Å². The third-order valence-corrected chi connectivity index (χ3v) is 4.68. The van der Waals surface area contributed by atoms with E-state index in [1.807, 2.05) is 18.2 Å². The second-order valence-corrected chi connectivity index (χ2v) is 6.37. The maximum absolute atomic E-state index is 12.8. The summed E-state index contributed by atoms with van der Waals surface area (Å²) in [6.45, 7) is 1.63. The third-order valence-electron chi connectivity index (χ3n) is 4.68. The Bertz CT molecular complexity index is 1010. The van der Waals surface area contributed by atoms with E-state index in [1.165, 1.54) is 37.1 Å². The van der Waals surface area contributed by atoms with Gasteiger partial charge in [-0.15, -0.1) is 0 Å². The van der Waals surface area contributed by atoms with Crippen LogP contribution in [0.15, 0.2) is 59.9 Å². The molecule has 0 bridgehead atoms. The summed E-state index contributed by atoms with van der Waals surface area (Å²) in [6.07, 6.45) is 0. The van der Waals surface area contributed by atoms with E-state index in [4.69, 9.17) is 4.74 Å². The minimum Gasteiger partial charge on any atom is -0.496 e. The normalized spacial score (nSPS) is 16.4. The lowest BCUT2D eigenvalue weighted by Crippen LogP contribution is -2.47. The van der Waals surface area contributed by atoms with Crippen LogP contribution in [0.2, 0.25) is 0 Å². The molecule has 1 aliphatic rings. The molecule has 0 radical (unpaired) electrons. The van der Waals surface area contributed by atoms with Crippen molar-refractivity contribution in [3.05, 3.63) is 91.3 Å². The molecule has 0 saturated heterocycles. The van der Waals surface area contributed by atoms with Crippen molar-refractivity contribution < 1.29 is 19.4 Å². The second kappa shape index (κ2) is 7.97. The minimum absolute atomic E-state index is 0.139. The van der Waals surface area contributed by atoms with Crippen molar-refractivity contribution in [2.24, 2.45) is 0 Å². The molecule has 29 heavy (non-hydrogen) atoms. The van der Waals surface area contributed by atoms with Gasteiger partial charge in [0.25, 0.3) is 11.4 Å². The number of nitro groups is 2. The Morgan fingerprint density at radius 2 is 1.79 bits per heavy atom. The van der Waals surface area contributed by atoms with Crippen LogP contribution in [0.3, 0.4) is 0 Å². The van der Waals surface area contributed by atoms with Gasteiger partial charge in [0.05, 0.1) is 29.2 Å². The van der Waals surface area contributed by atoms with Gasteiger partial charge in [0.15, 0.2) is 6.04 Å². The molecule has 2 amide bonds. The largest absolute Gasteiger partial charge is 0.496 e. The summed E-state index contributed by atoms with van der Waals surface area (Å²) in [4.78, 5) is 35.9. The first kappa shape index (κ1) is 19.8. The van der Waals surface area contributed by atoms with Crippen LogP contribution in [0.1, 0.15) is 24.1 Å². The average Bonchev–Trinajstić information content (AvgIpc) is 2.70. The zero-order valence-electron chi connectivity index (χ0n) is 15.7. The molecular formula is C19H18N4O6. The first-order chi connectivity index (χ1) is 13.8. The lowest BCUT2D eigenvalue weighted by Gasteiger charge is -2.32. The number of ether oxygens (including phenoxy) is 1. The Morgan fingerprint density at radius 1 is 1.10 bits per heavy atom. The smallest absolute Gasteiger partial charge is 0.323 e. The SMILES string of the molecule is COc1ccc([N+](=O)[O-])cc1C1NC(=O)N(Cc2ccccc2)C(C)=C1[N+](=O)[O-]. The highest BCUT2D eigenvalue weighted by Crippen LogP contribution is 2.37. The molecular weight excluding hydrogens is 380 g/mol. The second-order valence-electron chi connectivity index (χ2n) is 6.37. The van der Waals surface area contributed by atoms with Crippen molar-refractivity contribution in [2.75, 3.05) is 7.11 Å². The molecule has 2 aromatic carbocycles. The Morgan fingerprint density at radius 3 is 2.38 bits per heavy atom. The number of methoxy groups -OCH3 is 1. The number of nitrogens with one attached hydrogen (secondary N) is 1. The fourth-order valence-electron chi connectivity index (χ4n) is 3.25. The number of amides is 2. The predicted octanol–water partition coefficient (Wildman–Crippen LogP) is 3.38. The molecule has 1 atom stereocenters. The molecule has 10 nitrogen and oxygen atoms in total. The zero-order valence-corrected chi connectivity index (χ0v) is 15.7. The molecule has 3 rings (SSSR count). The predicted molar refractivity (Wildman–Crippen MR) is 103 cm³/mol.